The zero-order chi connectivity index (χ0) is 20.4. The summed E-state index contributed by atoms with van der Waals surface area (Å²) >= 11 is 0. The fourth-order valence-electron chi connectivity index (χ4n) is 4.59. The van der Waals surface area contributed by atoms with Crippen molar-refractivity contribution >= 4 is 11.6 Å². The number of likely N-dealkylation sites (N-methyl/N-ethyl adjacent to an activating group) is 1. The quantitative estimate of drug-likeness (QED) is 0.715. The lowest BCUT2D eigenvalue weighted by atomic mass is 9.88. The fourth-order valence-corrected chi connectivity index (χ4v) is 4.59. The number of fused-ring (bicyclic) bond motifs is 1. The Morgan fingerprint density at radius 3 is 2.62 bits per heavy atom. The van der Waals surface area contributed by atoms with Crippen LogP contribution in [0.1, 0.15) is 29.6 Å². The molecule has 0 radical (unpaired) electrons. The molecule has 1 unspecified atom stereocenters. The van der Waals surface area contributed by atoms with E-state index in [1.54, 1.807) is 12.1 Å². The largest absolute Gasteiger partial charge is 0.352 e. The van der Waals surface area contributed by atoms with Crippen molar-refractivity contribution in [1.82, 2.24) is 14.7 Å². The van der Waals surface area contributed by atoms with Crippen LogP contribution < -0.4 is 0 Å². The van der Waals surface area contributed by atoms with Crippen LogP contribution in [0.15, 0.2) is 48.2 Å². The highest BCUT2D eigenvalue weighted by Gasteiger charge is 2.35. The molecule has 3 heterocycles. The lowest BCUT2D eigenvalue weighted by molar-refractivity contribution is -0.126. The second-order valence-electron chi connectivity index (χ2n) is 8.26. The van der Waals surface area contributed by atoms with Gasteiger partial charge in [-0.1, -0.05) is 12.2 Å². The lowest BCUT2D eigenvalue weighted by Gasteiger charge is -2.42. The molecule has 3 aliphatic heterocycles. The number of Topliss-reactive ketones (excluding diaryl/α,β-unsaturated/α-hetero) is 2. The maximum absolute atomic E-state index is 13.1. The van der Waals surface area contributed by atoms with E-state index in [1.165, 1.54) is 12.1 Å². The number of rotatable bonds is 5. The number of benzene rings is 1. The van der Waals surface area contributed by atoms with Crippen LogP contribution in [0.2, 0.25) is 0 Å². The Bertz CT molecular complexity index is 825. The minimum Gasteiger partial charge on any atom is -0.352 e. The number of piperidine rings is 1. The first-order chi connectivity index (χ1) is 14.0. The third-order valence-corrected chi connectivity index (χ3v) is 6.34. The molecule has 4 rings (SSSR count). The van der Waals surface area contributed by atoms with E-state index in [4.69, 9.17) is 0 Å². The zero-order valence-corrected chi connectivity index (χ0v) is 16.9. The molecule has 0 N–H and O–H groups in total. The topological polar surface area (TPSA) is 43.9 Å². The molecule has 29 heavy (non-hydrogen) atoms. The number of carbonyl (C=O) groups excluding carboxylic acids is 2. The Kier molecular flexibility index (Phi) is 5.92. The summed E-state index contributed by atoms with van der Waals surface area (Å²) in [4.78, 5) is 32.1. The summed E-state index contributed by atoms with van der Waals surface area (Å²) in [7, 11) is 2.02. The van der Waals surface area contributed by atoms with Gasteiger partial charge >= 0.3 is 0 Å². The minimum atomic E-state index is -0.318. The summed E-state index contributed by atoms with van der Waals surface area (Å²) in [5.74, 6) is 0.0128. The van der Waals surface area contributed by atoms with Crippen LogP contribution in [0.3, 0.4) is 0 Å². The third-order valence-electron chi connectivity index (χ3n) is 6.34. The van der Waals surface area contributed by atoms with Gasteiger partial charge in [0, 0.05) is 24.6 Å². The van der Waals surface area contributed by atoms with Gasteiger partial charge in [0.25, 0.3) is 0 Å². The first-order valence-corrected chi connectivity index (χ1v) is 10.4. The monoisotopic (exact) mass is 397 g/mol. The molecule has 1 aromatic rings. The van der Waals surface area contributed by atoms with E-state index in [9.17, 15) is 14.0 Å². The molecule has 1 atom stereocenters. The second-order valence-corrected chi connectivity index (χ2v) is 8.26. The van der Waals surface area contributed by atoms with Crippen LogP contribution in [0.4, 0.5) is 4.39 Å². The van der Waals surface area contributed by atoms with E-state index in [-0.39, 0.29) is 29.3 Å². The molecule has 0 aromatic heterocycles. The smallest absolute Gasteiger partial charge is 0.196 e. The van der Waals surface area contributed by atoms with E-state index in [0.717, 1.165) is 57.8 Å². The number of halogens is 1. The predicted octanol–water partition coefficient (Wildman–Crippen LogP) is 2.71. The molecule has 5 nitrogen and oxygen atoms in total. The van der Waals surface area contributed by atoms with Gasteiger partial charge in [0.2, 0.25) is 0 Å². The van der Waals surface area contributed by atoms with Gasteiger partial charge in [-0.3, -0.25) is 14.5 Å². The fraction of sp³-hybridized carbons (Fsp3) is 0.478. The average Bonchev–Trinajstić information content (AvgIpc) is 2.74. The van der Waals surface area contributed by atoms with E-state index in [2.05, 4.69) is 20.8 Å². The summed E-state index contributed by atoms with van der Waals surface area (Å²) in [5, 5.41) is 0. The van der Waals surface area contributed by atoms with Crippen molar-refractivity contribution in [2.75, 3.05) is 39.9 Å². The molecule has 6 heteroatoms. The molecule has 0 amide bonds. The van der Waals surface area contributed by atoms with Crippen molar-refractivity contribution in [3.63, 3.8) is 0 Å². The van der Waals surface area contributed by atoms with Gasteiger partial charge in [0.15, 0.2) is 11.6 Å². The number of carbonyl (C=O) groups is 2. The van der Waals surface area contributed by atoms with Gasteiger partial charge in [-0.05, 0) is 69.7 Å². The molecule has 0 bridgehead atoms. The van der Waals surface area contributed by atoms with E-state index >= 15 is 0 Å². The zero-order valence-electron chi connectivity index (χ0n) is 16.9. The summed E-state index contributed by atoms with van der Waals surface area (Å²) in [6, 6.07) is 5.76. The van der Waals surface area contributed by atoms with E-state index in [0.29, 0.717) is 5.56 Å². The highest BCUT2D eigenvalue weighted by atomic mass is 19.1. The van der Waals surface area contributed by atoms with Crippen molar-refractivity contribution in [3.8, 4) is 0 Å². The molecule has 154 valence electrons. The SMILES string of the molecule is CN1CN2CC=CC=C2C(=O)C1CCN1CCC(C(=O)c2ccc(F)cc2)CC1. The summed E-state index contributed by atoms with van der Waals surface area (Å²) in [6.07, 6.45) is 8.40. The number of likely N-dealkylation sites (tertiary alicyclic amines) is 1. The lowest BCUT2D eigenvalue weighted by Crippen LogP contribution is -2.54. The average molecular weight is 397 g/mol. The summed E-state index contributed by atoms with van der Waals surface area (Å²) < 4.78 is 13.1. The van der Waals surface area contributed by atoms with Crippen molar-refractivity contribution < 1.29 is 14.0 Å². The van der Waals surface area contributed by atoms with Crippen molar-refractivity contribution in [2.24, 2.45) is 5.92 Å². The van der Waals surface area contributed by atoms with Gasteiger partial charge < -0.3 is 9.80 Å². The molecule has 2 saturated heterocycles. The summed E-state index contributed by atoms with van der Waals surface area (Å²) in [6.45, 7) is 4.16. The number of hydrogen-bond acceptors (Lipinski definition) is 5. The molecular weight excluding hydrogens is 369 g/mol. The molecule has 3 aliphatic rings. The first kappa shape index (κ1) is 20.0. The summed E-state index contributed by atoms with van der Waals surface area (Å²) in [5.41, 5.74) is 1.43. The molecule has 0 saturated carbocycles. The molecule has 0 spiro atoms. The third kappa shape index (κ3) is 4.33. The highest BCUT2D eigenvalue weighted by molar-refractivity contribution is 6.00. The van der Waals surface area contributed by atoms with E-state index in [1.807, 2.05) is 19.2 Å². The Balaban J connectivity index is 1.28. The van der Waals surface area contributed by atoms with E-state index < -0.39 is 0 Å². The Morgan fingerprint density at radius 1 is 1.17 bits per heavy atom. The Hall–Kier alpha value is -2.31. The molecule has 2 fully saturated rings. The predicted molar refractivity (Wildman–Crippen MR) is 110 cm³/mol. The van der Waals surface area contributed by atoms with Gasteiger partial charge in [0.05, 0.1) is 18.4 Å². The normalized spacial score (nSPS) is 23.8. The van der Waals surface area contributed by atoms with Gasteiger partial charge in [-0.25, -0.2) is 4.39 Å². The maximum atomic E-state index is 13.1. The van der Waals surface area contributed by atoms with Crippen molar-refractivity contribution in [1.29, 1.82) is 0 Å². The first-order valence-electron chi connectivity index (χ1n) is 10.4. The van der Waals surface area contributed by atoms with Gasteiger partial charge in [-0.2, -0.15) is 0 Å². The van der Waals surface area contributed by atoms with Crippen LogP contribution in [-0.4, -0.2) is 72.2 Å². The number of hydrogen-bond donors (Lipinski definition) is 0. The number of ketones is 2. The Labute approximate surface area is 171 Å². The highest BCUT2D eigenvalue weighted by Crippen LogP contribution is 2.25. The number of allylic oxidation sites excluding steroid dienone is 2. The standard InChI is InChI=1S/C23H28FN3O2/c1-25-16-27-12-3-2-4-21(27)23(29)20(25)11-15-26-13-9-18(10-14-26)22(28)17-5-7-19(24)8-6-17/h2-8,18,20H,9-16H2,1H3. The van der Waals surface area contributed by atoms with Crippen molar-refractivity contribution in [3.05, 3.63) is 59.6 Å². The van der Waals surface area contributed by atoms with Crippen LogP contribution in [0.25, 0.3) is 0 Å². The number of nitrogens with zero attached hydrogens (tertiary/aromatic N) is 3. The van der Waals surface area contributed by atoms with Crippen LogP contribution in [0.5, 0.6) is 0 Å². The maximum Gasteiger partial charge on any atom is 0.196 e. The van der Waals surface area contributed by atoms with Crippen LogP contribution >= 0.6 is 0 Å². The van der Waals surface area contributed by atoms with Crippen LogP contribution in [0, 0.1) is 11.7 Å². The second kappa shape index (κ2) is 8.59. The van der Waals surface area contributed by atoms with Gasteiger partial charge in [-0.15, -0.1) is 0 Å². The minimum absolute atomic E-state index is 0.00318. The molecule has 0 aliphatic carbocycles. The molecule has 1 aromatic carbocycles. The van der Waals surface area contributed by atoms with Crippen molar-refractivity contribution in [2.45, 2.75) is 25.3 Å². The Morgan fingerprint density at radius 2 is 1.90 bits per heavy atom. The van der Waals surface area contributed by atoms with Crippen LogP contribution in [-0.2, 0) is 4.79 Å². The molecular formula is C23H28FN3O2. The van der Waals surface area contributed by atoms with Gasteiger partial charge in [0.1, 0.15) is 5.82 Å².